The molecule has 2 aromatic carbocycles. The molecule has 0 unspecified atom stereocenters. The highest BCUT2D eigenvalue weighted by atomic mass is 16.6. The van der Waals surface area contributed by atoms with Gasteiger partial charge >= 0.3 is 0 Å². The lowest BCUT2D eigenvalue weighted by Gasteiger charge is -2.21. The smallest absolute Gasteiger partial charge is 0.269 e. The first-order valence-electron chi connectivity index (χ1n) is 10.9. The van der Waals surface area contributed by atoms with Crippen LogP contribution in [0.2, 0.25) is 0 Å². The van der Waals surface area contributed by atoms with E-state index in [2.05, 4.69) is 29.7 Å². The van der Waals surface area contributed by atoms with E-state index in [1.54, 1.807) is 12.1 Å². The fraction of sp³-hybridized carbons (Fsp3) is 0.458. The van der Waals surface area contributed by atoms with E-state index in [-0.39, 0.29) is 5.69 Å². The molecule has 1 aromatic heterocycles. The summed E-state index contributed by atoms with van der Waals surface area (Å²) in [7, 11) is 0. The van der Waals surface area contributed by atoms with Crippen molar-refractivity contribution in [3.8, 4) is 5.75 Å². The number of hydrogen-bond donors (Lipinski definition) is 0. The molecule has 6 heteroatoms. The molecule has 1 fully saturated rings. The molecule has 1 aliphatic rings. The number of para-hydroxylation sites is 1. The molecule has 6 nitrogen and oxygen atoms in total. The highest BCUT2D eigenvalue weighted by molar-refractivity contribution is 5.79. The minimum atomic E-state index is -0.404. The molecule has 4 rings (SSSR count). The molecule has 30 heavy (non-hydrogen) atoms. The predicted octanol–water partition coefficient (Wildman–Crippen LogP) is 6.19. The van der Waals surface area contributed by atoms with Crippen molar-refractivity contribution in [3.63, 3.8) is 0 Å². The zero-order valence-corrected chi connectivity index (χ0v) is 17.5. The van der Waals surface area contributed by atoms with Gasteiger partial charge in [0.05, 0.1) is 16.0 Å². The monoisotopic (exact) mass is 407 g/mol. The van der Waals surface area contributed by atoms with Gasteiger partial charge in [-0.05, 0) is 49.4 Å². The number of aromatic nitrogens is 2. The number of fused-ring (bicyclic) bond motifs is 1. The highest BCUT2D eigenvalue weighted by Crippen LogP contribution is 2.28. The van der Waals surface area contributed by atoms with E-state index >= 15 is 0 Å². The Morgan fingerprint density at radius 1 is 1.13 bits per heavy atom. The lowest BCUT2D eigenvalue weighted by molar-refractivity contribution is -0.384. The summed E-state index contributed by atoms with van der Waals surface area (Å²) >= 11 is 0. The number of non-ortho nitro benzene ring substituents is 1. The van der Waals surface area contributed by atoms with Crippen LogP contribution in [0.25, 0.3) is 11.0 Å². The van der Waals surface area contributed by atoms with Crippen LogP contribution in [-0.2, 0) is 13.2 Å². The maximum Gasteiger partial charge on any atom is 0.269 e. The van der Waals surface area contributed by atoms with Crippen LogP contribution in [0.4, 0.5) is 5.69 Å². The molecular weight excluding hydrogens is 378 g/mol. The summed E-state index contributed by atoms with van der Waals surface area (Å²) in [5, 5.41) is 10.8. The Labute approximate surface area is 177 Å². The first-order valence-corrected chi connectivity index (χ1v) is 10.9. The molecule has 1 aliphatic carbocycles. The van der Waals surface area contributed by atoms with E-state index in [9.17, 15) is 10.1 Å². The molecule has 0 atom stereocenters. The van der Waals surface area contributed by atoms with E-state index < -0.39 is 4.92 Å². The summed E-state index contributed by atoms with van der Waals surface area (Å²) < 4.78 is 8.22. The average Bonchev–Trinajstić information content (AvgIpc) is 3.12. The van der Waals surface area contributed by atoms with Crippen molar-refractivity contribution in [1.82, 2.24) is 9.55 Å². The molecule has 1 saturated carbocycles. The maximum absolute atomic E-state index is 10.8. The van der Waals surface area contributed by atoms with E-state index in [1.807, 2.05) is 0 Å². The normalized spacial score (nSPS) is 14.8. The summed E-state index contributed by atoms with van der Waals surface area (Å²) in [5.74, 6) is 2.38. The summed E-state index contributed by atoms with van der Waals surface area (Å²) in [6.45, 7) is 3.37. The van der Waals surface area contributed by atoms with Crippen LogP contribution < -0.4 is 4.74 Å². The van der Waals surface area contributed by atoms with Crippen molar-refractivity contribution < 1.29 is 9.66 Å². The summed E-state index contributed by atoms with van der Waals surface area (Å²) in [6.07, 6.45) is 9.33. The number of aryl methyl sites for hydroxylation is 2. The second-order valence-corrected chi connectivity index (χ2v) is 8.31. The fourth-order valence-electron chi connectivity index (χ4n) is 4.52. The third-order valence-electron chi connectivity index (χ3n) is 6.19. The summed E-state index contributed by atoms with van der Waals surface area (Å²) in [4.78, 5) is 15.3. The molecule has 0 radical (unpaired) electrons. The zero-order chi connectivity index (χ0) is 20.9. The lowest BCUT2D eigenvalue weighted by Crippen LogP contribution is -2.10. The number of nitrogens with zero attached hydrogens (tertiary/aromatic N) is 3. The Bertz CT molecular complexity index is 1000. The Kier molecular flexibility index (Phi) is 6.31. The minimum Gasteiger partial charge on any atom is -0.486 e. The lowest BCUT2D eigenvalue weighted by atomic mass is 9.86. The first kappa shape index (κ1) is 20.4. The number of hydrogen-bond acceptors (Lipinski definition) is 4. The number of nitro groups is 1. The molecule has 0 N–H and O–H groups in total. The van der Waals surface area contributed by atoms with Gasteiger partial charge in [0.15, 0.2) is 0 Å². The van der Waals surface area contributed by atoms with Gasteiger partial charge in [-0.2, -0.15) is 0 Å². The van der Waals surface area contributed by atoms with E-state index in [4.69, 9.17) is 9.72 Å². The van der Waals surface area contributed by atoms with Crippen LogP contribution in [0.5, 0.6) is 5.75 Å². The van der Waals surface area contributed by atoms with Crippen LogP contribution >= 0.6 is 0 Å². The molecule has 0 aliphatic heterocycles. The van der Waals surface area contributed by atoms with Gasteiger partial charge in [-0.25, -0.2) is 4.98 Å². The van der Waals surface area contributed by atoms with Crippen molar-refractivity contribution in [1.29, 1.82) is 0 Å². The Morgan fingerprint density at radius 3 is 2.63 bits per heavy atom. The van der Waals surface area contributed by atoms with Gasteiger partial charge in [0, 0.05) is 18.7 Å². The number of ether oxygens (including phenoxy) is 1. The minimum absolute atomic E-state index is 0.0629. The van der Waals surface area contributed by atoms with Crippen molar-refractivity contribution in [2.45, 2.75) is 65.0 Å². The second kappa shape index (κ2) is 9.28. The van der Waals surface area contributed by atoms with E-state index in [1.165, 1.54) is 50.7 Å². The van der Waals surface area contributed by atoms with Gasteiger partial charge in [0.2, 0.25) is 0 Å². The van der Waals surface area contributed by atoms with Crippen molar-refractivity contribution in [2.24, 2.45) is 5.92 Å². The number of nitro benzene ring substituents is 1. The Balaban J connectivity index is 1.48. The number of benzene rings is 2. The van der Waals surface area contributed by atoms with Crippen LogP contribution in [0.15, 0.2) is 42.5 Å². The molecule has 0 saturated heterocycles. The molecule has 0 amide bonds. The number of imidazole rings is 1. The summed E-state index contributed by atoms with van der Waals surface area (Å²) in [5.41, 5.74) is 3.40. The summed E-state index contributed by atoms with van der Waals surface area (Å²) in [6, 6.07) is 12.5. The van der Waals surface area contributed by atoms with Crippen LogP contribution in [0, 0.1) is 23.0 Å². The van der Waals surface area contributed by atoms with E-state index in [0.29, 0.717) is 12.4 Å². The Hall–Kier alpha value is -2.89. The van der Waals surface area contributed by atoms with Gasteiger partial charge in [-0.1, -0.05) is 44.2 Å². The van der Waals surface area contributed by atoms with Gasteiger partial charge in [0.25, 0.3) is 5.69 Å². The third kappa shape index (κ3) is 4.64. The largest absolute Gasteiger partial charge is 0.486 e. The van der Waals surface area contributed by atoms with Gasteiger partial charge in [-0.3, -0.25) is 10.1 Å². The Morgan fingerprint density at radius 2 is 1.90 bits per heavy atom. The fourth-order valence-corrected chi connectivity index (χ4v) is 4.52. The SMILES string of the molecule is Cc1cccc2c1nc(COc1ccc([N+](=O)[O-])cc1)n2CCCC1CCCCC1. The molecule has 3 aromatic rings. The molecule has 0 spiro atoms. The molecule has 0 bridgehead atoms. The molecule has 1 heterocycles. The zero-order valence-electron chi connectivity index (χ0n) is 17.5. The standard InChI is InChI=1S/C24H29N3O3/c1-18-7-5-11-22-24(18)25-23(17-30-21-14-12-20(13-15-21)27(28)29)26(22)16-6-10-19-8-3-2-4-9-19/h5,7,11-15,19H,2-4,6,8-10,16-17H2,1H3. The molecule has 158 valence electrons. The van der Waals surface area contributed by atoms with Crippen molar-refractivity contribution >= 4 is 16.7 Å². The highest BCUT2D eigenvalue weighted by Gasteiger charge is 2.16. The topological polar surface area (TPSA) is 70.2 Å². The first-order chi connectivity index (χ1) is 14.6. The maximum atomic E-state index is 10.8. The van der Waals surface area contributed by atoms with E-state index in [0.717, 1.165) is 41.3 Å². The average molecular weight is 408 g/mol. The number of rotatable bonds is 8. The van der Waals surface area contributed by atoms with Crippen molar-refractivity contribution in [3.05, 3.63) is 64.0 Å². The van der Waals surface area contributed by atoms with Crippen LogP contribution in [0.3, 0.4) is 0 Å². The van der Waals surface area contributed by atoms with Crippen LogP contribution in [0.1, 0.15) is 56.3 Å². The third-order valence-corrected chi connectivity index (χ3v) is 6.19. The van der Waals surface area contributed by atoms with Crippen molar-refractivity contribution in [2.75, 3.05) is 0 Å². The second-order valence-electron chi connectivity index (χ2n) is 8.31. The van der Waals surface area contributed by atoms with Gasteiger partial charge in [0.1, 0.15) is 18.2 Å². The quantitative estimate of drug-likeness (QED) is 0.330. The molecular formula is C24H29N3O3. The van der Waals surface area contributed by atoms with Gasteiger partial charge < -0.3 is 9.30 Å². The van der Waals surface area contributed by atoms with Gasteiger partial charge in [-0.15, -0.1) is 0 Å². The predicted molar refractivity (Wildman–Crippen MR) is 118 cm³/mol. The van der Waals surface area contributed by atoms with Crippen LogP contribution in [-0.4, -0.2) is 14.5 Å².